The Hall–Kier alpha value is -0.463. The van der Waals surface area contributed by atoms with Gasteiger partial charge in [0, 0.05) is 20.9 Å². The molecule has 3 heteroatoms. The van der Waals surface area contributed by atoms with Crippen LogP contribution in [0.2, 0.25) is 25.2 Å². The van der Waals surface area contributed by atoms with Crippen molar-refractivity contribution in [2.24, 2.45) is 0 Å². The number of rotatable bonds is 4. The molecule has 92 valence electrons. The van der Waals surface area contributed by atoms with Crippen LogP contribution in [0.3, 0.4) is 0 Å². The zero-order chi connectivity index (χ0) is 11.9. The summed E-state index contributed by atoms with van der Waals surface area (Å²) in [5, 5.41) is 0. The van der Waals surface area contributed by atoms with E-state index < -0.39 is 8.07 Å². The summed E-state index contributed by atoms with van der Waals surface area (Å²) < 4.78 is 10.8. The molecule has 0 bridgehead atoms. The van der Waals surface area contributed by atoms with E-state index in [1.807, 2.05) is 0 Å². The molecule has 1 rings (SSSR count). The molecule has 16 heavy (non-hydrogen) atoms. The number of ether oxygens (including phenoxy) is 2. The Morgan fingerprint density at radius 1 is 1.38 bits per heavy atom. The Kier molecular flexibility index (Phi) is 5.93. The van der Waals surface area contributed by atoms with Crippen molar-refractivity contribution in [3.63, 3.8) is 0 Å². The molecule has 0 radical (unpaired) electrons. The first-order valence-electron chi connectivity index (χ1n) is 6.39. The van der Waals surface area contributed by atoms with E-state index in [1.165, 1.54) is 18.5 Å². The molecule has 1 aliphatic rings. The van der Waals surface area contributed by atoms with Crippen molar-refractivity contribution >= 4 is 8.07 Å². The van der Waals surface area contributed by atoms with E-state index >= 15 is 0 Å². The fourth-order valence-corrected chi connectivity index (χ4v) is 2.70. The molecule has 1 saturated heterocycles. The van der Waals surface area contributed by atoms with E-state index in [1.54, 1.807) is 0 Å². The maximum absolute atomic E-state index is 5.43. The number of hydrogen-bond acceptors (Lipinski definition) is 2. The van der Waals surface area contributed by atoms with Gasteiger partial charge < -0.3 is 9.47 Å². The van der Waals surface area contributed by atoms with E-state index in [4.69, 9.17) is 9.47 Å². The highest BCUT2D eigenvalue weighted by Crippen LogP contribution is 2.16. The average Bonchev–Trinajstić information content (AvgIpc) is 2.30. The van der Waals surface area contributed by atoms with Gasteiger partial charge in [-0.25, -0.2) is 0 Å². The van der Waals surface area contributed by atoms with Crippen LogP contribution >= 0.6 is 0 Å². The fraction of sp³-hybridized carbons (Fsp3) is 0.846. The molecule has 1 aliphatic heterocycles. The van der Waals surface area contributed by atoms with Gasteiger partial charge in [0.15, 0.2) is 0 Å². The molecule has 0 spiro atoms. The summed E-state index contributed by atoms with van der Waals surface area (Å²) in [6.07, 6.45) is 7.04. The summed E-state index contributed by atoms with van der Waals surface area (Å²) in [5.41, 5.74) is 0. The van der Waals surface area contributed by atoms with Crippen LogP contribution in [0.1, 0.15) is 32.6 Å². The summed E-state index contributed by atoms with van der Waals surface area (Å²) >= 11 is 0. The van der Waals surface area contributed by atoms with Crippen molar-refractivity contribution in [1.82, 2.24) is 0 Å². The first-order chi connectivity index (χ1) is 7.64. The van der Waals surface area contributed by atoms with E-state index in [0.29, 0.717) is 0 Å². The van der Waals surface area contributed by atoms with Crippen molar-refractivity contribution < 1.29 is 9.47 Å². The molecule has 2 nitrogen and oxygen atoms in total. The minimum Gasteiger partial charge on any atom is -0.414 e. The summed E-state index contributed by atoms with van der Waals surface area (Å²) in [4.78, 5) is 0. The van der Waals surface area contributed by atoms with Crippen LogP contribution in [0.15, 0.2) is 0 Å². The van der Waals surface area contributed by atoms with Gasteiger partial charge in [0.1, 0.15) is 6.11 Å². The van der Waals surface area contributed by atoms with Crippen molar-refractivity contribution in [3.8, 4) is 12.0 Å². The van der Waals surface area contributed by atoms with Gasteiger partial charge in [0.25, 0.3) is 0 Å². The van der Waals surface area contributed by atoms with Gasteiger partial charge in [0.2, 0.25) is 6.29 Å². The maximum atomic E-state index is 5.43. The summed E-state index contributed by atoms with van der Waals surface area (Å²) in [7, 11) is -0.956. The number of hydrogen-bond donors (Lipinski definition) is 0. The normalized spacial score (nSPS) is 21.1. The molecule has 0 amide bonds. The maximum Gasteiger partial charge on any atom is 0.210 e. The Balaban J connectivity index is 2.12. The minimum atomic E-state index is -0.956. The second kappa shape index (κ2) is 6.98. The monoisotopic (exact) mass is 240 g/mol. The van der Waals surface area contributed by atoms with Gasteiger partial charge in [-0.2, -0.15) is 0 Å². The average molecular weight is 240 g/mol. The van der Waals surface area contributed by atoms with E-state index in [0.717, 1.165) is 25.9 Å². The zero-order valence-electron chi connectivity index (χ0n) is 10.8. The lowest BCUT2D eigenvalue weighted by atomic mass is 10.2. The summed E-state index contributed by atoms with van der Waals surface area (Å²) in [5.74, 6) is 3.11. The quantitative estimate of drug-likeness (QED) is 0.552. The molecule has 0 aliphatic carbocycles. The van der Waals surface area contributed by atoms with Gasteiger partial charge in [-0.05, 0) is 18.9 Å². The van der Waals surface area contributed by atoms with Crippen LogP contribution < -0.4 is 0 Å². The SMILES string of the molecule is CC[Si](C)(C)CCC#COC1CCCCO1. The molecule has 1 atom stereocenters. The van der Waals surface area contributed by atoms with Gasteiger partial charge in [0.05, 0.1) is 6.61 Å². The molecule has 0 saturated carbocycles. The zero-order valence-corrected chi connectivity index (χ0v) is 11.8. The van der Waals surface area contributed by atoms with Gasteiger partial charge in [-0.3, -0.25) is 0 Å². The van der Waals surface area contributed by atoms with E-state index in [-0.39, 0.29) is 6.29 Å². The van der Waals surface area contributed by atoms with Crippen LogP contribution in [0.25, 0.3) is 0 Å². The molecular formula is C13H24O2Si. The highest BCUT2D eigenvalue weighted by Gasteiger charge is 2.16. The van der Waals surface area contributed by atoms with Crippen LogP contribution in [0.5, 0.6) is 0 Å². The first-order valence-corrected chi connectivity index (χ1v) is 9.80. The van der Waals surface area contributed by atoms with Crippen molar-refractivity contribution in [1.29, 1.82) is 0 Å². The van der Waals surface area contributed by atoms with Gasteiger partial charge in [-0.1, -0.05) is 32.0 Å². The predicted octanol–water partition coefficient (Wildman–Crippen LogP) is 3.61. The standard InChI is InChI=1S/C13H24O2Si/c1-4-16(2,3)12-8-7-11-15-13-9-5-6-10-14-13/h13H,4-6,8-10,12H2,1-3H3. The smallest absolute Gasteiger partial charge is 0.210 e. The third-order valence-corrected chi connectivity index (χ3v) is 6.80. The van der Waals surface area contributed by atoms with Gasteiger partial charge >= 0.3 is 0 Å². The first kappa shape index (κ1) is 13.6. The third-order valence-electron chi connectivity index (χ3n) is 3.28. The van der Waals surface area contributed by atoms with Crippen molar-refractivity contribution in [2.75, 3.05) is 6.61 Å². The molecular weight excluding hydrogens is 216 g/mol. The molecule has 1 heterocycles. The molecule has 0 N–H and O–H groups in total. The lowest BCUT2D eigenvalue weighted by molar-refractivity contribution is -0.121. The Morgan fingerprint density at radius 3 is 2.81 bits per heavy atom. The molecule has 0 aromatic rings. The predicted molar refractivity (Wildman–Crippen MR) is 69.8 cm³/mol. The summed E-state index contributed by atoms with van der Waals surface area (Å²) in [6, 6.07) is 2.60. The van der Waals surface area contributed by atoms with Crippen LogP contribution in [0, 0.1) is 12.0 Å². The Bertz CT molecular complexity index is 246. The second-order valence-electron chi connectivity index (χ2n) is 5.21. The minimum absolute atomic E-state index is 0.0716. The lowest BCUT2D eigenvalue weighted by Crippen LogP contribution is -2.22. The van der Waals surface area contributed by atoms with Crippen molar-refractivity contribution in [2.45, 2.75) is 64.1 Å². The highest BCUT2D eigenvalue weighted by atomic mass is 28.3. The molecule has 0 aromatic heterocycles. The largest absolute Gasteiger partial charge is 0.414 e. The van der Waals surface area contributed by atoms with Crippen LogP contribution in [-0.2, 0) is 9.47 Å². The highest BCUT2D eigenvalue weighted by molar-refractivity contribution is 6.77. The van der Waals surface area contributed by atoms with E-state index in [9.17, 15) is 0 Å². The topological polar surface area (TPSA) is 18.5 Å². The van der Waals surface area contributed by atoms with Crippen LogP contribution in [0.4, 0.5) is 0 Å². The molecule has 1 unspecified atom stereocenters. The third kappa shape index (κ3) is 5.57. The molecule has 0 aromatic carbocycles. The lowest BCUT2D eigenvalue weighted by Gasteiger charge is -2.20. The second-order valence-corrected chi connectivity index (χ2v) is 10.7. The van der Waals surface area contributed by atoms with Crippen molar-refractivity contribution in [3.05, 3.63) is 0 Å². The van der Waals surface area contributed by atoms with Crippen LogP contribution in [-0.4, -0.2) is 21.0 Å². The molecule has 1 fully saturated rings. The Labute approximate surface area is 101 Å². The van der Waals surface area contributed by atoms with Gasteiger partial charge in [-0.15, -0.1) is 0 Å². The van der Waals surface area contributed by atoms with E-state index in [2.05, 4.69) is 32.0 Å². The Morgan fingerprint density at radius 2 is 2.19 bits per heavy atom. The fourth-order valence-electron chi connectivity index (χ4n) is 1.54. The summed E-state index contributed by atoms with van der Waals surface area (Å²) in [6.45, 7) is 7.94.